The third kappa shape index (κ3) is 5.57. The summed E-state index contributed by atoms with van der Waals surface area (Å²) in [6, 6.07) is 19.2. The zero-order chi connectivity index (χ0) is 20.6. The lowest BCUT2D eigenvalue weighted by Gasteiger charge is -2.14. The third-order valence-electron chi connectivity index (χ3n) is 4.50. The fraction of sp³-hybridized carbons (Fsp3) is 0.217. The number of ether oxygens (including phenoxy) is 3. The van der Waals surface area contributed by atoms with Gasteiger partial charge < -0.3 is 19.5 Å². The molecule has 4 nitrogen and oxygen atoms in total. The van der Waals surface area contributed by atoms with E-state index in [0.717, 1.165) is 22.4 Å². The van der Waals surface area contributed by atoms with Gasteiger partial charge in [0, 0.05) is 34.3 Å². The minimum atomic E-state index is 0.264. The quantitative estimate of drug-likeness (QED) is 0.459. The van der Waals surface area contributed by atoms with Crippen LogP contribution in [0.4, 0.5) is 0 Å². The van der Waals surface area contributed by atoms with E-state index in [1.807, 2.05) is 48.5 Å². The topological polar surface area (TPSA) is 39.7 Å². The number of hydrogen-bond donors (Lipinski definition) is 1. The Hall–Kier alpha value is -2.40. The van der Waals surface area contributed by atoms with Crippen molar-refractivity contribution in [2.24, 2.45) is 0 Å². The first-order chi connectivity index (χ1) is 14.1. The maximum absolute atomic E-state index is 6.21. The van der Waals surface area contributed by atoms with Crippen LogP contribution < -0.4 is 19.5 Å². The first-order valence-electron chi connectivity index (χ1n) is 9.17. The van der Waals surface area contributed by atoms with Gasteiger partial charge in [0.25, 0.3) is 0 Å². The molecule has 0 heterocycles. The van der Waals surface area contributed by atoms with Crippen LogP contribution in [0.5, 0.6) is 17.2 Å². The van der Waals surface area contributed by atoms with E-state index >= 15 is 0 Å². The molecular formula is C23H23Cl2NO3. The molecule has 0 fully saturated rings. The summed E-state index contributed by atoms with van der Waals surface area (Å²) in [6.07, 6.45) is 0. The van der Waals surface area contributed by atoms with Gasteiger partial charge in [-0.05, 0) is 35.9 Å². The molecule has 0 atom stereocenters. The van der Waals surface area contributed by atoms with Crippen LogP contribution >= 0.6 is 23.2 Å². The van der Waals surface area contributed by atoms with E-state index in [9.17, 15) is 0 Å². The van der Waals surface area contributed by atoms with Crippen LogP contribution in [0.25, 0.3) is 0 Å². The first-order valence-corrected chi connectivity index (χ1v) is 9.93. The minimum Gasteiger partial charge on any atom is -0.496 e. The summed E-state index contributed by atoms with van der Waals surface area (Å²) in [6.45, 7) is 1.65. The van der Waals surface area contributed by atoms with Crippen molar-refractivity contribution < 1.29 is 14.2 Å². The van der Waals surface area contributed by atoms with Gasteiger partial charge in [-0.1, -0.05) is 53.5 Å². The molecule has 6 heteroatoms. The van der Waals surface area contributed by atoms with Crippen LogP contribution in [0.15, 0.2) is 60.7 Å². The van der Waals surface area contributed by atoms with E-state index in [-0.39, 0.29) is 6.61 Å². The van der Waals surface area contributed by atoms with E-state index in [1.54, 1.807) is 26.4 Å². The molecule has 0 radical (unpaired) electrons. The van der Waals surface area contributed by atoms with Gasteiger partial charge in [0.15, 0.2) is 11.5 Å². The molecule has 152 valence electrons. The highest BCUT2D eigenvalue weighted by Crippen LogP contribution is 2.31. The van der Waals surface area contributed by atoms with E-state index < -0.39 is 0 Å². The summed E-state index contributed by atoms with van der Waals surface area (Å²) in [7, 11) is 3.30. The monoisotopic (exact) mass is 431 g/mol. The van der Waals surface area contributed by atoms with Gasteiger partial charge >= 0.3 is 0 Å². The Morgan fingerprint density at radius 2 is 1.48 bits per heavy atom. The molecule has 0 bridgehead atoms. The van der Waals surface area contributed by atoms with Crippen molar-refractivity contribution in [3.8, 4) is 17.2 Å². The third-order valence-corrected chi connectivity index (χ3v) is 5.21. The normalized spacial score (nSPS) is 10.6. The largest absolute Gasteiger partial charge is 0.496 e. The molecule has 1 N–H and O–H groups in total. The number of halogens is 2. The molecule has 0 spiro atoms. The van der Waals surface area contributed by atoms with Crippen molar-refractivity contribution >= 4 is 23.2 Å². The Morgan fingerprint density at radius 3 is 2.21 bits per heavy atom. The van der Waals surface area contributed by atoms with Crippen LogP contribution in [-0.2, 0) is 19.7 Å². The molecule has 3 aromatic rings. The van der Waals surface area contributed by atoms with E-state index in [2.05, 4.69) is 5.32 Å². The lowest BCUT2D eigenvalue weighted by molar-refractivity contribution is 0.284. The summed E-state index contributed by atoms with van der Waals surface area (Å²) in [5, 5.41) is 4.58. The van der Waals surface area contributed by atoms with Crippen molar-refractivity contribution in [3.63, 3.8) is 0 Å². The number of methoxy groups -OCH3 is 2. The molecule has 3 rings (SSSR count). The summed E-state index contributed by atoms with van der Waals surface area (Å²) in [5.74, 6) is 2.17. The smallest absolute Gasteiger partial charge is 0.161 e. The zero-order valence-corrected chi connectivity index (χ0v) is 17.9. The second-order valence-electron chi connectivity index (χ2n) is 6.39. The second kappa shape index (κ2) is 10.4. The maximum Gasteiger partial charge on any atom is 0.161 e. The predicted octanol–water partition coefficient (Wildman–Crippen LogP) is 5.88. The molecule has 29 heavy (non-hydrogen) atoms. The average molecular weight is 432 g/mol. The van der Waals surface area contributed by atoms with Gasteiger partial charge in [-0.3, -0.25) is 0 Å². The molecular weight excluding hydrogens is 409 g/mol. The van der Waals surface area contributed by atoms with Gasteiger partial charge in [-0.15, -0.1) is 0 Å². The lowest BCUT2D eigenvalue weighted by Crippen LogP contribution is -2.13. The SMILES string of the molecule is COc1ccccc1CNCc1ccc(OCc2c(Cl)cccc2Cl)c(OC)c1. The Kier molecular flexibility index (Phi) is 7.64. The van der Waals surface area contributed by atoms with Gasteiger partial charge in [0.05, 0.1) is 14.2 Å². The van der Waals surface area contributed by atoms with E-state index in [1.165, 1.54) is 0 Å². The Labute approximate surface area is 181 Å². The molecule has 3 aromatic carbocycles. The molecule has 0 aromatic heterocycles. The van der Waals surface area contributed by atoms with Gasteiger partial charge in [-0.2, -0.15) is 0 Å². The van der Waals surface area contributed by atoms with Crippen molar-refractivity contribution in [2.75, 3.05) is 14.2 Å². The first kappa shape index (κ1) is 21.3. The lowest BCUT2D eigenvalue weighted by atomic mass is 10.1. The highest BCUT2D eigenvalue weighted by atomic mass is 35.5. The summed E-state index contributed by atoms with van der Waals surface area (Å²) in [5.41, 5.74) is 2.94. The van der Waals surface area contributed by atoms with Gasteiger partial charge in [0.1, 0.15) is 12.4 Å². The number of para-hydroxylation sites is 1. The van der Waals surface area contributed by atoms with Crippen LogP contribution in [-0.4, -0.2) is 14.2 Å². The molecule has 0 aliphatic carbocycles. The van der Waals surface area contributed by atoms with Crippen molar-refractivity contribution in [1.29, 1.82) is 0 Å². The minimum absolute atomic E-state index is 0.264. The number of nitrogens with one attached hydrogen (secondary N) is 1. The highest BCUT2D eigenvalue weighted by molar-refractivity contribution is 6.35. The second-order valence-corrected chi connectivity index (χ2v) is 7.20. The Bertz CT molecular complexity index is 942. The zero-order valence-electron chi connectivity index (χ0n) is 16.4. The average Bonchev–Trinajstić information content (AvgIpc) is 2.74. The van der Waals surface area contributed by atoms with Crippen LogP contribution in [0.2, 0.25) is 10.0 Å². The molecule has 0 amide bonds. The summed E-state index contributed by atoms with van der Waals surface area (Å²) in [4.78, 5) is 0. The summed E-state index contributed by atoms with van der Waals surface area (Å²) < 4.78 is 16.8. The number of benzene rings is 3. The van der Waals surface area contributed by atoms with E-state index in [4.69, 9.17) is 37.4 Å². The number of rotatable bonds is 9. The van der Waals surface area contributed by atoms with Crippen molar-refractivity contribution in [2.45, 2.75) is 19.7 Å². The standard InChI is InChI=1S/C23H23Cl2NO3/c1-27-21-9-4-3-6-17(21)14-26-13-16-10-11-22(23(12-16)28-2)29-15-18-19(24)7-5-8-20(18)25/h3-12,26H,13-15H2,1-2H3. The van der Waals surface area contributed by atoms with Gasteiger partial charge in [-0.25, -0.2) is 0 Å². The Morgan fingerprint density at radius 1 is 0.759 bits per heavy atom. The molecule has 0 saturated heterocycles. The molecule has 0 unspecified atom stereocenters. The van der Waals surface area contributed by atoms with Gasteiger partial charge in [0.2, 0.25) is 0 Å². The fourth-order valence-corrected chi connectivity index (χ4v) is 3.46. The highest BCUT2D eigenvalue weighted by Gasteiger charge is 2.10. The summed E-state index contributed by atoms with van der Waals surface area (Å²) >= 11 is 12.4. The molecule has 0 aliphatic heterocycles. The van der Waals surface area contributed by atoms with Crippen molar-refractivity contribution in [3.05, 3.63) is 87.4 Å². The predicted molar refractivity (Wildman–Crippen MR) is 117 cm³/mol. The van der Waals surface area contributed by atoms with Crippen LogP contribution in [0.1, 0.15) is 16.7 Å². The van der Waals surface area contributed by atoms with E-state index in [0.29, 0.717) is 34.6 Å². The molecule has 0 saturated carbocycles. The van der Waals surface area contributed by atoms with Crippen molar-refractivity contribution in [1.82, 2.24) is 5.32 Å². The molecule has 0 aliphatic rings. The number of hydrogen-bond acceptors (Lipinski definition) is 4. The fourth-order valence-electron chi connectivity index (χ4n) is 2.95. The maximum atomic E-state index is 6.21. The Balaban J connectivity index is 1.62. The van der Waals surface area contributed by atoms with Crippen LogP contribution in [0, 0.1) is 0 Å². The van der Waals surface area contributed by atoms with Crippen LogP contribution in [0.3, 0.4) is 0 Å².